The molecule has 0 fully saturated rings. The fraction of sp³-hybridized carbons (Fsp3) is 0.143. The van der Waals surface area contributed by atoms with Gasteiger partial charge in [0, 0.05) is 0 Å². The lowest BCUT2D eigenvalue weighted by Gasteiger charge is -2.06. The molecule has 0 unspecified atom stereocenters. The number of hydrogen-bond acceptors (Lipinski definition) is 2. The molecule has 0 bridgehead atoms. The SMILES string of the molecule is COc1cccc(-c2cccc(OC)c2)c1. The molecule has 2 heteroatoms. The van der Waals surface area contributed by atoms with E-state index in [2.05, 4.69) is 12.1 Å². The van der Waals surface area contributed by atoms with Crippen molar-refractivity contribution in [3.63, 3.8) is 0 Å². The van der Waals surface area contributed by atoms with E-state index < -0.39 is 0 Å². The van der Waals surface area contributed by atoms with Crippen molar-refractivity contribution in [1.82, 2.24) is 0 Å². The molecule has 0 spiro atoms. The summed E-state index contributed by atoms with van der Waals surface area (Å²) in [5.74, 6) is 1.72. The van der Waals surface area contributed by atoms with Crippen molar-refractivity contribution in [1.29, 1.82) is 0 Å². The van der Waals surface area contributed by atoms with E-state index in [1.54, 1.807) is 14.2 Å². The predicted octanol–water partition coefficient (Wildman–Crippen LogP) is 3.37. The van der Waals surface area contributed by atoms with E-state index in [4.69, 9.17) is 9.47 Å². The first-order chi connectivity index (χ1) is 7.83. The van der Waals surface area contributed by atoms with Gasteiger partial charge in [0.15, 0.2) is 0 Å². The van der Waals surface area contributed by atoms with Gasteiger partial charge in [0.05, 0.1) is 14.2 Å². The molecule has 82 valence electrons. The summed E-state index contributed by atoms with van der Waals surface area (Å²) >= 11 is 0. The molecule has 0 aliphatic heterocycles. The molecule has 0 saturated carbocycles. The van der Waals surface area contributed by atoms with Crippen molar-refractivity contribution >= 4 is 0 Å². The third-order valence-electron chi connectivity index (χ3n) is 2.47. The van der Waals surface area contributed by atoms with Crippen LogP contribution in [0.4, 0.5) is 0 Å². The van der Waals surface area contributed by atoms with Crippen molar-refractivity contribution in [3.05, 3.63) is 48.5 Å². The van der Waals surface area contributed by atoms with Crippen LogP contribution in [0.2, 0.25) is 0 Å². The highest BCUT2D eigenvalue weighted by atomic mass is 16.5. The maximum Gasteiger partial charge on any atom is 0.119 e. The molecule has 2 aromatic carbocycles. The maximum atomic E-state index is 5.20. The van der Waals surface area contributed by atoms with Gasteiger partial charge in [-0.05, 0) is 35.4 Å². The Morgan fingerprint density at radius 2 is 1.12 bits per heavy atom. The highest BCUT2D eigenvalue weighted by Crippen LogP contribution is 2.26. The predicted molar refractivity (Wildman–Crippen MR) is 65.0 cm³/mol. The number of ether oxygens (including phenoxy) is 2. The third-order valence-corrected chi connectivity index (χ3v) is 2.47. The lowest BCUT2D eigenvalue weighted by molar-refractivity contribution is 0.414. The monoisotopic (exact) mass is 214 g/mol. The molecular formula is C14H14O2. The minimum Gasteiger partial charge on any atom is -0.497 e. The van der Waals surface area contributed by atoms with Gasteiger partial charge in [0.1, 0.15) is 11.5 Å². The smallest absolute Gasteiger partial charge is 0.119 e. The van der Waals surface area contributed by atoms with Crippen molar-refractivity contribution in [3.8, 4) is 22.6 Å². The summed E-state index contributed by atoms with van der Waals surface area (Å²) in [7, 11) is 3.34. The van der Waals surface area contributed by atoms with Gasteiger partial charge in [0.2, 0.25) is 0 Å². The molecule has 0 saturated heterocycles. The molecular weight excluding hydrogens is 200 g/mol. The fourth-order valence-electron chi connectivity index (χ4n) is 1.61. The first-order valence-electron chi connectivity index (χ1n) is 5.12. The van der Waals surface area contributed by atoms with E-state index >= 15 is 0 Å². The zero-order valence-electron chi connectivity index (χ0n) is 9.44. The Kier molecular flexibility index (Phi) is 3.10. The number of benzene rings is 2. The van der Waals surface area contributed by atoms with Crippen molar-refractivity contribution in [2.24, 2.45) is 0 Å². The van der Waals surface area contributed by atoms with Gasteiger partial charge in [-0.2, -0.15) is 0 Å². The first-order valence-corrected chi connectivity index (χ1v) is 5.12. The molecule has 2 aromatic rings. The fourth-order valence-corrected chi connectivity index (χ4v) is 1.61. The van der Waals surface area contributed by atoms with Crippen molar-refractivity contribution in [2.45, 2.75) is 0 Å². The van der Waals surface area contributed by atoms with Crippen LogP contribution in [-0.2, 0) is 0 Å². The molecule has 2 nitrogen and oxygen atoms in total. The van der Waals surface area contributed by atoms with E-state index in [0.29, 0.717) is 0 Å². The van der Waals surface area contributed by atoms with Crippen LogP contribution in [0.3, 0.4) is 0 Å². The van der Waals surface area contributed by atoms with Crippen LogP contribution in [0, 0.1) is 0 Å². The molecule has 0 aromatic heterocycles. The van der Waals surface area contributed by atoms with Gasteiger partial charge < -0.3 is 9.47 Å². The molecule has 0 radical (unpaired) electrons. The summed E-state index contributed by atoms with van der Waals surface area (Å²) in [6.07, 6.45) is 0. The number of methoxy groups -OCH3 is 2. The van der Waals surface area contributed by atoms with E-state index in [-0.39, 0.29) is 0 Å². The quantitative estimate of drug-likeness (QED) is 0.779. The van der Waals surface area contributed by atoms with Gasteiger partial charge in [-0.15, -0.1) is 0 Å². The summed E-state index contributed by atoms with van der Waals surface area (Å²) in [6, 6.07) is 16.0. The average Bonchev–Trinajstić information content (AvgIpc) is 2.39. The lowest BCUT2D eigenvalue weighted by Crippen LogP contribution is -1.85. The number of rotatable bonds is 3. The maximum absolute atomic E-state index is 5.20. The third kappa shape index (κ3) is 2.16. The Balaban J connectivity index is 2.41. The second-order valence-electron chi connectivity index (χ2n) is 3.46. The van der Waals surface area contributed by atoms with Crippen LogP contribution in [0.5, 0.6) is 11.5 Å². The largest absolute Gasteiger partial charge is 0.497 e. The van der Waals surface area contributed by atoms with Crippen molar-refractivity contribution < 1.29 is 9.47 Å². The van der Waals surface area contributed by atoms with E-state index in [0.717, 1.165) is 22.6 Å². The standard InChI is InChI=1S/C14H14O2/c1-15-13-7-3-5-11(9-13)12-6-4-8-14(10-12)16-2/h3-10H,1-2H3. The normalized spacial score (nSPS) is 9.88. The topological polar surface area (TPSA) is 18.5 Å². The molecule has 0 aliphatic carbocycles. The summed E-state index contributed by atoms with van der Waals surface area (Å²) in [5, 5.41) is 0. The van der Waals surface area contributed by atoms with E-state index in [1.165, 1.54) is 0 Å². The zero-order valence-corrected chi connectivity index (χ0v) is 9.44. The van der Waals surface area contributed by atoms with Gasteiger partial charge in [-0.3, -0.25) is 0 Å². The Morgan fingerprint density at radius 3 is 1.50 bits per heavy atom. The minimum absolute atomic E-state index is 0.861. The second-order valence-corrected chi connectivity index (χ2v) is 3.46. The molecule has 16 heavy (non-hydrogen) atoms. The summed E-state index contributed by atoms with van der Waals surface area (Å²) < 4.78 is 10.4. The van der Waals surface area contributed by atoms with Crippen LogP contribution in [0.25, 0.3) is 11.1 Å². The van der Waals surface area contributed by atoms with Gasteiger partial charge in [-0.1, -0.05) is 24.3 Å². The number of hydrogen-bond donors (Lipinski definition) is 0. The van der Waals surface area contributed by atoms with Gasteiger partial charge >= 0.3 is 0 Å². The Bertz CT molecular complexity index is 432. The van der Waals surface area contributed by atoms with Crippen LogP contribution in [0.15, 0.2) is 48.5 Å². The van der Waals surface area contributed by atoms with Gasteiger partial charge in [-0.25, -0.2) is 0 Å². The van der Waals surface area contributed by atoms with Crippen LogP contribution >= 0.6 is 0 Å². The average molecular weight is 214 g/mol. The minimum atomic E-state index is 0.861. The van der Waals surface area contributed by atoms with Gasteiger partial charge in [0.25, 0.3) is 0 Å². The van der Waals surface area contributed by atoms with Crippen molar-refractivity contribution in [2.75, 3.05) is 14.2 Å². The van der Waals surface area contributed by atoms with E-state index in [9.17, 15) is 0 Å². The van der Waals surface area contributed by atoms with Crippen LogP contribution < -0.4 is 9.47 Å². The summed E-state index contributed by atoms with van der Waals surface area (Å²) in [4.78, 5) is 0. The molecule has 0 atom stereocenters. The highest BCUT2D eigenvalue weighted by molar-refractivity contribution is 5.66. The van der Waals surface area contributed by atoms with Crippen LogP contribution in [0.1, 0.15) is 0 Å². The molecule has 0 N–H and O–H groups in total. The molecule has 0 amide bonds. The zero-order chi connectivity index (χ0) is 11.4. The second kappa shape index (κ2) is 4.71. The summed E-state index contributed by atoms with van der Waals surface area (Å²) in [6.45, 7) is 0. The Morgan fingerprint density at radius 1 is 0.688 bits per heavy atom. The Hall–Kier alpha value is -1.96. The Labute approximate surface area is 95.4 Å². The first kappa shape index (κ1) is 10.6. The highest BCUT2D eigenvalue weighted by Gasteiger charge is 2.00. The van der Waals surface area contributed by atoms with Crippen LogP contribution in [-0.4, -0.2) is 14.2 Å². The lowest BCUT2D eigenvalue weighted by atomic mass is 10.1. The molecule has 0 heterocycles. The molecule has 0 aliphatic rings. The molecule has 2 rings (SSSR count). The summed E-state index contributed by atoms with van der Waals surface area (Å²) in [5.41, 5.74) is 2.25. The van der Waals surface area contributed by atoms with E-state index in [1.807, 2.05) is 36.4 Å².